The molecule has 102 valence electrons. The molecule has 0 spiro atoms. The molecule has 0 aliphatic heterocycles. The Balaban J connectivity index is 2.49. The predicted octanol–water partition coefficient (Wildman–Crippen LogP) is 3.16. The smallest absolute Gasteiger partial charge is 0.149 e. The van der Waals surface area contributed by atoms with E-state index in [2.05, 4.69) is 5.10 Å². The van der Waals surface area contributed by atoms with Crippen molar-refractivity contribution in [1.82, 2.24) is 9.78 Å². The van der Waals surface area contributed by atoms with Gasteiger partial charge in [0.05, 0.1) is 5.69 Å². The number of halogens is 1. The van der Waals surface area contributed by atoms with Crippen LogP contribution in [0.15, 0.2) is 24.3 Å². The third-order valence-electron chi connectivity index (χ3n) is 3.28. The molecule has 0 aliphatic rings. The van der Waals surface area contributed by atoms with Crippen LogP contribution in [0.5, 0.6) is 0 Å². The Bertz CT molecular complexity index is 573. The lowest BCUT2D eigenvalue weighted by atomic mass is 10.1. The first-order valence-electron chi connectivity index (χ1n) is 6.70. The second-order valence-electron chi connectivity index (χ2n) is 4.75. The van der Waals surface area contributed by atoms with Crippen molar-refractivity contribution >= 4 is 0 Å². The number of benzene rings is 1. The van der Waals surface area contributed by atoms with Gasteiger partial charge in [-0.05, 0) is 43.5 Å². The minimum Gasteiger partial charge on any atom is -0.324 e. The summed E-state index contributed by atoms with van der Waals surface area (Å²) in [5, 5.41) is 4.45. The van der Waals surface area contributed by atoms with Crippen LogP contribution in [0, 0.1) is 5.82 Å². The van der Waals surface area contributed by atoms with Gasteiger partial charge in [-0.15, -0.1) is 0 Å². The molecular weight excluding hydrogens is 241 g/mol. The molecule has 19 heavy (non-hydrogen) atoms. The van der Waals surface area contributed by atoms with Crippen molar-refractivity contribution in [2.24, 2.45) is 5.73 Å². The van der Waals surface area contributed by atoms with Gasteiger partial charge in [0.15, 0.2) is 0 Å². The molecule has 4 heteroatoms. The Morgan fingerprint density at radius 1 is 1.26 bits per heavy atom. The summed E-state index contributed by atoms with van der Waals surface area (Å²) in [6, 6.07) is 6.96. The molecule has 0 radical (unpaired) electrons. The Morgan fingerprint density at radius 3 is 2.53 bits per heavy atom. The standard InChI is InChI=1S/C15H20FN3/c1-4-12-9-13(5-2)19(18-12)15-7-6-11(10(3)17)8-14(15)16/h6-10H,4-5,17H2,1-3H3/t10-/m0/s1. The summed E-state index contributed by atoms with van der Waals surface area (Å²) in [4.78, 5) is 0. The van der Waals surface area contributed by atoms with Crippen LogP contribution < -0.4 is 5.73 Å². The number of nitrogens with two attached hydrogens (primary N) is 1. The van der Waals surface area contributed by atoms with Gasteiger partial charge in [-0.2, -0.15) is 5.10 Å². The fourth-order valence-corrected chi connectivity index (χ4v) is 2.09. The molecule has 1 aromatic carbocycles. The van der Waals surface area contributed by atoms with Crippen LogP contribution in [0.1, 0.15) is 43.8 Å². The maximum absolute atomic E-state index is 14.2. The summed E-state index contributed by atoms with van der Waals surface area (Å²) in [6.45, 7) is 5.93. The predicted molar refractivity (Wildman–Crippen MR) is 74.9 cm³/mol. The lowest BCUT2D eigenvalue weighted by molar-refractivity contribution is 0.601. The molecule has 1 heterocycles. The molecule has 0 bridgehead atoms. The molecule has 0 amide bonds. The summed E-state index contributed by atoms with van der Waals surface area (Å²) in [5.41, 5.74) is 9.04. The van der Waals surface area contributed by atoms with E-state index < -0.39 is 0 Å². The van der Waals surface area contributed by atoms with E-state index in [0.29, 0.717) is 5.69 Å². The zero-order chi connectivity index (χ0) is 14.0. The van der Waals surface area contributed by atoms with Crippen LogP contribution in [0.3, 0.4) is 0 Å². The van der Waals surface area contributed by atoms with Gasteiger partial charge in [0.2, 0.25) is 0 Å². The molecule has 2 aromatic rings. The first-order valence-corrected chi connectivity index (χ1v) is 6.70. The van der Waals surface area contributed by atoms with Gasteiger partial charge in [-0.1, -0.05) is 19.9 Å². The largest absolute Gasteiger partial charge is 0.324 e. The van der Waals surface area contributed by atoms with Crippen LogP contribution in [0.25, 0.3) is 5.69 Å². The fourth-order valence-electron chi connectivity index (χ4n) is 2.09. The van der Waals surface area contributed by atoms with Crippen molar-refractivity contribution in [1.29, 1.82) is 0 Å². The molecule has 0 unspecified atom stereocenters. The molecule has 0 saturated heterocycles. The molecule has 0 fully saturated rings. The SMILES string of the molecule is CCc1cc(CC)n(-c2ccc([C@H](C)N)cc2F)n1. The zero-order valence-electron chi connectivity index (χ0n) is 11.7. The molecule has 0 saturated carbocycles. The van der Waals surface area contributed by atoms with E-state index in [-0.39, 0.29) is 11.9 Å². The quantitative estimate of drug-likeness (QED) is 0.918. The second kappa shape index (κ2) is 5.53. The Hall–Kier alpha value is -1.68. The third kappa shape index (κ3) is 2.68. The van der Waals surface area contributed by atoms with Crippen molar-refractivity contribution < 1.29 is 4.39 Å². The summed E-state index contributed by atoms with van der Waals surface area (Å²) >= 11 is 0. The number of rotatable bonds is 4. The minimum atomic E-state index is -0.282. The lowest BCUT2D eigenvalue weighted by Crippen LogP contribution is -2.08. The van der Waals surface area contributed by atoms with E-state index in [4.69, 9.17) is 5.73 Å². The second-order valence-corrected chi connectivity index (χ2v) is 4.75. The zero-order valence-corrected chi connectivity index (χ0v) is 11.7. The fraction of sp³-hybridized carbons (Fsp3) is 0.400. The van der Waals surface area contributed by atoms with Crippen LogP contribution >= 0.6 is 0 Å². The Kier molecular flexibility index (Phi) is 4.00. The molecule has 0 aliphatic carbocycles. The van der Waals surface area contributed by atoms with Gasteiger partial charge in [0.25, 0.3) is 0 Å². The van der Waals surface area contributed by atoms with E-state index in [1.807, 2.05) is 32.9 Å². The lowest BCUT2D eigenvalue weighted by Gasteiger charge is -2.10. The van der Waals surface area contributed by atoms with E-state index in [9.17, 15) is 4.39 Å². The monoisotopic (exact) mass is 261 g/mol. The number of hydrogen-bond donors (Lipinski definition) is 1. The van der Waals surface area contributed by atoms with Crippen LogP contribution in [-0.2, 0) is 12.8 Å². The van der Waals surface area contributed by atoms with E-state index in [1.54, 1.807) is 10.7 Å². The van der Waals surface area contributed by atoms with Crippen LogP contribution in [0.2, 0.25) is 0 Å². The van der Waals surface area contributed by atoms with Crippen molar-refractivity contribution in [2.75, 3.05) is 0 Å². The normalized spacial score (nSPS) is 12.7. The minimum absolute atomic E-state index is 0.169. The van der Waals surface area contributed by atoms with Crippen LogP contribution in [-0.4, -0.2) is 9.78 Å². The molecule has 3 nitrogen and oxygen atoms in total. The number of aryl methyl sites for hydroxylation is 2. The molecular formula is C15H20FN3. The van der Waals surface area contributed by atoms with Crippen molar-refractivity contribution in [3.63, 3.8) is 0 Å². The Labute approximate surface area is 113 Å². The number of nitrogens with zero attached hydrogens (tertiary/aromatic N) is 2. The van der Waals surface area contributed by atoms with Gasteiger partial charge >= 0.3 is 0 Å². The van der Waals surface area contributed by atoms with E-state index in [0.717, 1.165) is 29.8 Å². The van der Waals surface area contributed by atoms with Gasteiger partial charge in [0.1, 0.15) is 11.5 Å². The van der Waals surface area contributed by atoms with Gasteiger partial charge < -0.3 is 5.73 Å². The van der Waals surface area contributed by atoms with Crippen LogP contribution in [0.4, 0.5) is 4.39 Å². The average molecular weight is 261 g/mol. The molecule has 1 atom stereocenters. The Morgan fingerprint density at radius 2 is 2.00 bits per heavy atom. The third-order valence-corrected chi connectivity index (χ3v) is 3.28. The summed E-state index contributed by atoms with van der Waals surface area (Å²) in [7, 11) is 0. The number of hydrogen-bond acceptors (Lipinski definition) is 2. The average Bonchev–Trinajstić information content (AvgIpc) is 2.81. The van der Waals surface area contributed by atoms with Crippen molar-refractivity contribution in [3.05, 3.63) is 47.0 Å². The topological polar surface area (TPSA) is 43.8 Å². The molecule has 1 aromatic heterocycles. The maximum Gasteiger partial charge on any atom is 0.149 e. The highest BCUT2D eigenvalue weighted by Crippen LogP contribution is 2.20. The molecule has 2 rings (SSSR count). The number of aromatic nitrogens is 2. The highest BCUT2D eigenvalue weighted by Gasteiger charge is 2.12. The van der Waals surface area contributed by atoms with Gasteiger partial charge in [-0.25, -0.2) is 9.07 Å². The maximum atomic E-state index is 14.2. The van der Waals surface area contributed by atoms with Crippen molar-refractivity contribution in [3.8, 4) is 5.69 Å². The summed E-state index contributed by atoms with van der Waals surface area (Å²) in [5.74, 6) is -0.282. The summed E-state index contributed by atoms with van der Waals surface area (Å²) < 4.78 is 15.9. The van der Waals surface area contributed by atoms with Gasteiger partial charge in [0, 0.05) is 11.7 Å². The first-order chi connectivity index (χ1) is 9.06. The van der Waals surface area contributed by atoms with E-state index >= 15 is 0 Å². The highest BCUT2D eigenvalue weighted by molar-refractivity contribution is 5.38. The highest BCUT2D eigenvalue weighted by atomic mass is 19.1. The molecule has 2 N–H and O–H groups in total. The van der Waals surface area contributed by atoms with E-state index in [1.165, 1.54) is 6.07 Å². The van der Waals surface area contributed by atoms with Crippen molar-refractivity contribution in [2.45, 2.75) is 39.7 Å². The first kappa shape index (κ1) is 13.7. The van der Waals surface area contributed by atoms with Gasteiger partial charge in [-0.3, -0.25) is 0 Å². The summed E-state index contributed by atoms with van der Waals surface area (Å²) in [6.07, 6.45) is 1.67.